The van der Waals surface area contributed by atoms with Crippen LogP contribution in [0.5, 0.6) is 5.75 Å². The molecule has 42 heavy (non-hydrogen) atoms. The number of likely N-dealkylation sites (N-methyl/N-ethyl adjacent to an activating group) is 1. The number of rotatable bonds is 8. The molecule has 2 aliphatic rings. The van der Waals surface area contributed by atoms with Gasteiger partial charge in [-0.05, 0) is 83.6 Å². The van der Waals surface area contributed by atoms with Crippen molar-refractivity contribution in [3.63, 3.8) is 0 Å². The number of nitrogens with one attached hydrogen (secondary N) is 1. The van der Waals surface area contributed by atoms with E-state index < -0.39 is 29.7 Å². The molecular formula is C31H42N4O6S. The van der Waals surface area contributed by atoms with Crippen LogP contribution in [0, 0.1) is 5.92 Å². The van der Waals surface area contributed by atoms with Crippen LogP contribution in [0.4, 0.5) is 4.79 Å². The molecule has 3 atom stereocenters. The quantitative estimate of drug-likeness (QED) is 0.406. The highest BCUT2D eigenvalue weighted by molar-refractivity contribution is 7.10. The number of ketones is 1. The number of aromatic nitrogens is 1. The zero-order valence-electron chi connectivity index (χ0n) is 25.1. The van der Waals surface area contributed by atoms with Gasteiger partial charge in [-0.1, -0.05) is 19.3 Å². The second-order valence-corrected chi connectivity index (χ2v) is 13.2. The van der Waals surface area contributed by atoms with Gasteiger partial charge in [-0.2, -0.15) is 0 Å². The number of thiazole rings is 1. The van der Waals surface area contributed by atoms with E-state index in [1.165, 1.54) is 35.4 Å². The number of hydrogen-bond acceptors (Lipinski definition) is 8. The van der Waals surface area contributed by atoms with Crippen LogP contribution in [0.25, 0.3) is 0 Å². The van der Waals surface area contributed by atoms with Crippen molar-refractivity contribution in [2.45, 2.75) is 96.4 Å². The predicted molar refractivity (Wildman–Crippen MR) is 159 cm³/mol. The van der Waals surface area contributed by atoms with Crippen LogP contribution in [-0.4, -0.2) is 74.9 Å². The molecule has 0 radical (unpaired) electrons. The van der Waals surface area contributed by atoms with Gasteiger partial charge in [0, 0.05) is 24.5 Å². The predicted octanol–water partition coefficient (Wildman–Crippen LogP) is 5.06. The third kappa shape index (κ3) is 7.48. The number of benzene rings is 1. The number of likely N-dealkylation sites (tertiary alicyclic amines) is 1. The minimum Gasteiger partial charge on any atom is -0.508 e. The summed E-state index contributed by atoms with van der Waals surface area (Å²) in [4.78, 5) is 60.8. The molecule has 228 valence electrons. The molecule has 4 rings (SSSR count). The summed E-state index contributed by atoms with van der Waals surface area (Å²) in [6.45, 7) is 7.46. The molecule has 2 aromatic rings. The van der Waals surface area contributed by atoms with Crippen molar-refractivity contribution >= 4 is 35.0 Å². The Balaban J connectivity index is 1.51. The number of nitrogens with zero attached hydrogens (tertiary/aromatic N) is 3. The van der Waals surface area contributed by atoms with Crippen LogP contribution < -0.4 is 5.32 Å². The molecule has 1 aromatic heterocycles. The Labute approximate surface area is 251 Å². The maximum Gasteiger partial charge on any atom is 0.410 e. The lowest BCUT2D eigenvalue weighted by molar-refractivity contribution is -0.140. The zero-order valence-corrected chi connectivity index (χ0v) is 25.9. The average Bonchev–Trinajstić information content (AvgIpc) is 3.64. The largest absolute Gasteiger partial charge is 0.508 e. The summed E-state index contributed by atoms with van der Waals surface area (Å²) in [6.07, 6.45) is 5.68. The van der Waals surface area contributed by atoms with E-state index in [0.29, 0.717) is 22.8 Å². The summed E-state index contributed by atoms with van der Waals surface area (Å²) in [5.74, 6) is -0.719. The highest BCUT2D eigenvalue weighted by Gasteiger charge is 2.41. The van der Waals surface area contributed by atoms with Crippen molar-refractivity contribution in [2.24, 2.45) is 5.92 Å². The molecule has 1 aromatic carbocycles. The second kappa shape index (κ2) is 13.2. The lowest BCUT2D eigenvalue weighted by Gasteiger charge is -2.36. The Morgan fingerprint density at radius 2 is 1.74 bits per heavy atom. The first-order chi connectivity index (χ1) is 19.9. The molecule has 2 fully saturated rings. The van der Waals surface area contributed by atoms with Crippen molar-refractivity contribution in [3.05, 3.63) is 45.9 Å². The average molecular weight is 599 g/mol. The Morgan fingerprint density at radius 3 is 2.38 bits per heavy atom. The summed E-state index contributed by atoms with van der Waals surface area (Å²) < 4.78 is 5.43. The van der Waals surface area contributed by atoms with E-state index in [9.17, 15) is 24.3 Å². The van der Waals surface area contributed by atoms with Crippen molar-refractivity contribution in [3.8, 4) is 5.75 Å². The number of phenolic OH excluding ortho intramolecular Hbond substituents is 1. The van der Waals surface area contributed by atoms with Crippen LogP contribution >= 0.6 is 11.3 Å². The molecule has 1 aliphatic heterocycles. The van der Waals surface area contributed by atoms with Gasteiger partial charge in [-0.15, -0.1) is 11.3 Å². The Morgan fingerprint density at radius 1 is 1.07 bits per heavy atom. The summed E-state index contributed by atoms with van der Waals surface area (Å²) in [7, 11) is 1.52. The smallest absolute Gasteiger partial charge is 0.410 e. The van der Waals surface area contributed by atoms with E-state index >= 15 is 0 Å². The molecule has 0 bridgehead atoms. The van der Waals surface area contributed by atoms with E-state index in [1.807, 2.05) is 0 Å². The van der Waals surface area contributed by atoms with Gasteiger partial charge in [0.05, 0.1) is 6.04 Å². The van der Waals surface area contributed by atoms with E-state index in [-0.39, 0.29) is 29.4 Å². The fourth-order valence-corrected chi connectivity index (χ4v) is 6.51. The monoisotopic (exact) mass is 598 g/mol. The number of carbonyl (C=O) groups is 4. The van der Waals surface area contributed by atoms with Gasteiger partial charge in [0.15, 0.2) is 0 Å². The molecule has 1 saturated heterocycles. The third-order valence-electron chi connectivity index (χ3n) is 8.03. The number of carbonyl (C=O) groups excluding carboxylic acids is 4. The highest BCUT2D eigenvalue weighted by Crippen LogP contribution is 2.36. The van der Waals surface area contributed by atoms with E-state index in [0.717, 1.165) is 44.9 Å². The molecule has 1 aliphatic carbocycles. The van der Waals surface area contributed by atoms with Crippen LogP contribution in [0.15, 0.2) is 29.6 Å². The summed E-state index contributed by atoms with van der Waals surface area (Å²) >= 11 is 1.35. The Hall–Kier alpha value is -3.47. The normalized spacial score (nSPS) is 19.2. The van der Waals surface area contributed by atoms with Crippen LogP contribution in [0.3, 0.4) is 0 Å². The van der Waals surface area contributed by atoms with Gasteiger partial charge < -0.3 is 20.1 Å². The van der Waals surface area contributed by atoms with Gasteiger partial charge in [-0.3, -0.25) is 19.3 Å². The van der Waals surface area contributed by atoms with Crippen molar-refractivity contribution in [1.29, 1.82) is 0 Å². The Kier molecular flexibility index (Phi) is 9.91. The summed E-state index contributed by atoms with van der Waals surface area (Å²) in [6, 6.07) is 4.20. The maximum absolute atomic E-state index is 14.2. The molecule has 11 heteroatoms. The SMILES string of the molecule is C[C@@H](C(=O)N[C@H](C(=O)N1CCC[C@H]1c1nc(C(=O)c2ccc(O)cc2)cs1)C1CCCCC1)N(C)C(=O)OC(C)(C)C. The first-order valence-electron chi connectivity index (χ1n) is 14.7. The van der Waals surface area contributed by atoms with Gasteiger partial charge in [0.1, 0.15) is 34.1 Å². The van der Waals surface area contributed by atoms with Gasteiger partial charge in [-0.25, -0.2) is 9.78 Å². The highest BCUT2D eigenvalue weighted by atomic mass is 32.1. The van der Waals surface area contributed by atoms with Gasteiger partial charge in [0.25, 0.3) is 0 Å². The molecule has 10 nitrogen and oxygen atoms in total. The summed E-state index contributed by atoms with van der Waals surface area (Å²) in [5.41, 5.74) is 0.0303. The number of amides is 3. The topological polar surface area (TPSA) is 129 Å². The Bertz CT molecular complexity index is 1280. The van der Waals surface area contributed by atoms with Gasteiger partial charge in [0.2, 0.25) is 17.6 Å². The fraction of sp³-hybridized carbons (Fsp3) is 0.581. The second-order valence-electron chi connectivity index (χ2n) is 12.3. The van der Waals surface area contributed by atoms with E-state index in [2.05, 4.69) is 10.3 Å². The summed E-state index contributed by atoms with van der Waals surface area (Å²) in [5, 5.41) is 15.0. The molecule has 2 heterocycles. The molecule has 2 N–H and O–H groups in total. The molecule has 1 saturated carbocycles. The molecule has 0 spiro atoms. The lowest BCUT2D eigenvalue weighted by atomic mass is 9.83. The molecule has 3 amide bonds. The van der Waals surface area contributed by atoms with E-state index in [1.54, 1.807) is 50.1 Å². The number of ether oxygens (including phenoxy) is 1. The number of aromatic hydroxyl groups is 1. The van der Waals surface area contributed by atoms with Crippen LogP contribution in [-0.2, 0) is 14.3 Å². The first kappa shape index (κ1) is 31.5. The van der Waals surface area contributed by atoms with Crippen molar-refractivity contribution in [2.75, 3.05) is 13.6 Å². The number of phenols is 1. The standard InChI is InChI=1S/C31H42N4O6S/c1-19(34(5)30(40)41-31(2,3)4)27(38)33-25(20-10-7-6-8-11-20)29(39)35-17-9-12-24(35)28-32-23(18-42-28)26(37)21-13-15-22(36)16-14-21/h13-16,18-20,24-25,36H,6-12,17H2,1-5H3,(H,33,38)/t19-,24-,25-/m0/s1. The number of hydrogen-bond donors (Lipinski definition) is 2. The minimum absolute atomic E-state index is 0.00147. The van der Waals surface area contributed by atoms with E-state index in [4.69, 9.17) is 4.74 Å². The molecule has 0 unspecified atom stereocenters. The van der Waals surface area contributed by atoms with Gasteiger partial charge >= 0.3 is 6.09 Å². The fourth-order valence-electron chi connectivity index (χ4n) is 5.56. The zero-order chi connectivity index (χ0) is 30.6. The van der Waals surface area contributed by atoms with Crippen molar-refractivity contribution in [1.82, 2.24) is 20.1 Å². The minimum atomic E-state index is -0.833. The molecular weight excluding hydrogens is 556 g/mol. The van der Waals surface area contributed by atoms with Crippen molar-refractivity contribution < 1.29 is 29.0 Å². The first-order valence-corrected chi connectivity index (χ1v) is 15.6. The lowest BCUT2D eigenvalue weighted by Crippen LogP contribution is -2.56. The maximum atomic E-state index is 14.2. The third-order valence-corrected chi connectivity index (χ3v) is 8.98. The van der Waals surface area contributed by atoms with Crippen LogP contribution in [0.2, 0.25) is 0 Å². The van der Waals surface area contributed by atoms with Crippen LogP contribution in [0.1, 0.15) is 99.7 Å².